The molecule has 1 aromatic rings. The van der Waals surface area contributed by atoms with Crippen molar-refractivity contribution in [2.45, 2.75) is 51.1 Å². The van der Waals surface area contributed by atoms with Crippen molar-refractivity contribution in [1.29, 1.82) is 0 Å². The molecule has 0 saturated carbocycles. The van der Waals surface area contributed by atoms with Crippen LogP contribution in [0.5, 0.6) is 0 Å². The highest BCUT2D eigenvalue weighted by atomic mass is 79.9. The third-order valence-electron chi connectivity index (χ3n) is 2.71. The van der Waals surface area contributed by atoms with Gasteiger partial charge in [0.15, 0.2) is 6.61 Å². The summed E-state index contributed by atoms with van der Waals surface area (Å²) >= 11 is 3.19. The van der Waals surface area contributed by atoms with Crippen molar-refractivity contribution in [3.05, 3.63) is 28.2 Å². The molecule has 9 heteroatoms. The van der Waals surface area contributed by atoms with Gasteiger partial charge in [-0.05, 0) is 68.7 Å². The normalized spacial score (nSPS) is 12.1. The van der Waals surface area contributed by atoms with Gasteiger partial charge in [0, 0.05) is 16.1 Å². The average Bonchev–Trinajstić information content (AvgIpc) is 2.41. The molecule has 25 heavy (non-hydrogen) atoms. The van der Waals surface area contributed by atoms with Crippen LogP contribution in [0.15, 0.2) is 27.6 Å². The Hall–Kier alpha value is -1.45. The van der Waals surface area contributed by atoms with E-state index in [1.807, 2.05) is 0 Å². The van der Waals surface area contributed by atoms with Gasteiger partial charge < -0.3 is 10.1 Å². The van der Waals surface area contributed by atoms with E-state index < -0.39 is 34.0 Å². The lowest BCUT2D eigenvalue weighted by atomic mass is 10.1. The van der Waals surface area contributed by atoms with E-state index in [2.05, 4.69) is 26.0 Å². The fourth-order valence-electron chi connectivity index (χ4n) is 1.87. The van der Waals surface area contributed by atoms with Gasteiger partial charge in [0.25, 0.3) is 5.91 Å². The summed E-state index contributed by atoms with van der Waals surface area (Å²) in [5.41, 5.74) is -0.421. The molecule has 0 heterocycles. The molecule has 0 radical (unpaired) electrons. The van der Waals surface area contributed by atoms with Crippen molar-refractivity contribution in [3.63, 3.8) is 0 Å². The van der Waals surface area contributed by atoms with Crippen LogP contribution in [-0.2, 0) is 19.6 Å². The molecule has 0 atom stereocenters. The van der Waals surface area contributed by atoms with Crippen LogP contribution in [0.4, 0.5) is 0 Å². The molecule has 0 aliphatic carbocycles. The summed E-state index contributed by atoms with van der Waals surface area (Å²) in [5.74, 6) is -1.24. The van der Waals surface area contributed by atoms with E-state index >= 15 is 0 Å². The number of benzene rings is 1. The number of sulfonamides is 1. The number of hydrogen-bond acceptors (Lipinski definition) is 5. The predicted octanol–water partition coefficient (Wildman–Crippen LogP) is 2.21. The molecule has 0 aliphatic rings. The smallest absolute Gasteiger partial charge is 0.339 e. The van der Waals surface area contributed by atoms with Crippen molar-refractivity contribution < 1.29 is 22.7 Å². The Balaban J connectivity index is 2.93. The first-order valence-electron chi connectivity index (χ1n) is 7.62. The van der Waals surface area contributed by atoms with Crippen molar-refractivity contribution in [3.8, 4) is 0 Å². The van der Waals surface area contributed by atoms with Crippen LogP contribution in [0.2, 0.25) is 0 Å². The third-order valence-corrected chi connectivity index (χ3v) is 5.06. The van der Waals surface area contributed by atoms with E-state index in [9.17, 15) is 18.0 Å². The monoisotopic (exact) mass is 434 g/mol. The molecule has 0 bridgehead atoms. The largest absolute Gasteiger partial charge is 0.452 e. The standard InChI is InChI=1S/C16H23BrN2O5S/c1-10(2)19-25(22,23)11-6-7-13(17)12(8-11)15(21)24-9-14(20)18-16(3,4)5/h6-8,10,19H,9H2,1-5H3,(H,18,20). The third kappa shape index (κ3) is 7.13. The van der Waals surface area contributed by atoms with E-state index in [1.54, 1.807) is 34.6 Å². The molecule has 7 nitrogen and oxygen atoms in total. The molecule has 140 valence electrons. The number of rotatable bonds is 6. The summed E-state index contributed by atoms with van der Waals surface area (Å²) < 4.78 is 32.2. The van der Waals surface area contributed by atoms with Gasteiger partial charge in [0.05, 0.1) is 10.5 Å². The zero-order valence-electron chi connectivity index (χ0n) is 14.8. The maximum Gasteiger partial charge on any atom is 0.339 e. The number of halogens is 1. The van der Waals surface area contributed by atoms with E-state index in [4.69, 9.17) is 4.74 Å². The number of esters is 1. The molecule has 0 saturated heterocycles. The van der Waals surface area contributed by atoms with E-state index in [0.717, 1.165) is 0 Å². The molecular weight excluding hydrogens is 412 g/mol. The molecule has 1 aromatic carbocycles. The topological polar surface area (TPSA) is 102 Å². The fraction of sp³-hybridized carbons (Fsp3) is 0.500. The molecule has 0 spiro atoms. The van der Waals surface area contributed by atoms with Crippen LogP contribution in [0.25, 0.3) is 0 Å². The first-order chi connectivity index (χ1) is 11.3. The lowest BCUT2D eigenvalue weighted by Gasteiger charge is -2.20. The summed E-state index contributed by atoms with van der Waals surface area (Å²) in [6.07, 6.45) is 0. The molecule has 0 unspecified atom stereocenters. The number of amides is 1. The van der Waals surface area contributed by atoms with Gasteiger partial charge in [0.1, 0.15) is 0 Å². The number of hydrogen-bond donors (Lipinski definition) is 2. The van der Waals surface area contributed by atoms with Crippen molar-refractivity contribution in [2.24, 2.45) is 0 Å². The zero-order valence-corrected chi connectivity index (χ0v) is 17.2. The van der Waals surface area contributed by atoms with E-state index in [-0.39, 0.29) is 16.5 Å². The number of nitrogens with one attached hydrogen (secondary N) is 2. The lowest BCUT2D eigenvalue weighted by Crippen LogP contribution is -2.42. The lowest BCUT2D eigenvalue weighted by molar-refractivity contribution is -0.125. The summed E-state index contributed by atoms with van der Waals surface area (Å²) in [4.78, 5) is 23.9. The second kappa shape index (κ2) is 8.29. The first kappa shape index (κ1) is 21.6. The predicted molar refractivity (Wildman–Crippen MR) is 97.8 cm³/mol. The molecule has 1 rings (SSSR count). The highest BCUT2D eigenvalue weighted by molar-refractivity contribution is 9.10. The van der Waals surface area contributed by atoms with E-state index in [1.165, 1.54) is 18.2 Å². The highest BCUT2D eigenvalue weighted by Gasteiger charge is 2.21. The van der Waals surface area contributed by atoms with Crippen LogP contribution >= 0.6 is 15.9 Å². The zero-order chi connectivity index (χ0) is 19.4. The Morgan fingerprint density at radius 1 is 1.24 bits per heavy atom. The second-order valence-electron chi connectivity index (χ2n) is 6.79. The van der Waals surface area contributed by atoms with Crippen LogP contribution in [0, 0.1) is 0 Å². The minimum absolute atomic E-state index is 0.0233. The van der Waals surface area contributed by atoms with Crippen molar-refractivity contribution in [1.82, 2.24) is 10.0 Å². The number of ether oxygens (including phenoxy) is 1. The average molecular weight is 435 g/mol. The van der Waals surface area contributed by atoms with Crippen molar-refractivity contribution >= 4 is 37.8 Å². The van der Waals surface area contributed by atoms with Crippen molar-refractivity contribution in [2.75, 3.05) is 6.61 Å². The quantitative estimate of drug-likeness (QED) is 0.668. The Kier molecular flexibility index (Phi) is 7.16. The van der Waals surface area contributed by atoms with Crippen LogP contribution in [-0.4, -0.2) is 38.5 Å². The summed E-state index contributed by atoms with van der Waals surface area (Å²) in [6, 6.07) is 3.74. The second-order valence-corrected chi connectivity index (χ2v) is 9.36. The maximum absolute atomic E-state index is 12.2. The number of carbonyl (C=O) groups excluding carboxylic acids is 2. The molecule has 1 amide bonds. The van der Waals surface area contributed by atoms with Crippen LogP contribution in [0.3, 0.4) is 0 Å². The number of carbonyl (C=O) groups is 2. The minimum atomic E-state index is -3.75. The van der Waals surface area contributed by atoms with Gasteiger partial charge in [-0.25, -0.2) is 17.9 Å². The van der Waals surface area contributed by atoms with Gasteiger partial charge in [0.2, 0.25) is 10.0 Å². The molecule has 0 aliphatic heterocycles. The Morgan fingerprint density at radius 2 is 1.84 bits per heavy atom. The SMILES string of the molecule is CC(C)NS(=O)(=O)c1ccc(Br)c(C(=O)OCC(=O)NC(C)(C)C)c1. The summed E-state index contributed by atoms with van der Waals surface area (Å²) in [5, 5.41) is 2.66. The first-order valence-corrected chi connectivity index (χ1v) is 9.89. The molecule has 0 aromatic heterocycles. The molecule has 0 fully saturated rings. The fourth-order valence-corrected chi connectivity index (χ4v) is 3.55. The molecule has 2 N–H and O–H groups in total. The van der Waals surface area contributed by atoms with Gasteiger partial charge >= 0.3 is 5.97 Å². The Labute approximate surface area is 156 Å². The van der Waals surface area contributed by atoms with Crippen LogP contribution in [0.1, 0.15) is 45.0 Å². The Morgan fingerprint density at radius 3 is 2.36 bits per heavy atom. The van der Waals surface area contributed by atoms with Crippen LogP contribution < -0.4 is 10.0 Å². The van der Waals surface area contributed by atoms with Gasteiger partial charge in [-0.2, -0.15) is 0 Å². The minimum Gasteiger partial charge on any atom is -0.452 e. The highest BCUT2D eigenvalue weighted by Crippen LogP contribution is 2.22. The summed E-state index contributed by atoms with van der Waals surface area (Å²) in [6.45, 7) is 8.35. The summed E-state index contributed by atoms with van der Waals surface area (Å²) in [7, 11) is -3.75. The Bertz CT molecular complexity index is 754. The van der Waals surface area contributed by atoms with Gasteiger partial charge in [-0.1, -0.05) is 0 Å². The maximum atomic E-state index is 12.2. The molecular formula is C16H23BrN2O5S. The van der Waals surface area contributed by atoms with E-state index in [0.29, 0.717) is 4.47 Å². The van der Waals surface area contributed by atoms with Gasteiger partial charge in [-0.15, -0.1) is 0 Å². The van der Waals surface area contributed by atoms with Gasteiger partial charge in [-0.3, -0.25) is 4.79 Å².